The van der Waals surface area contributed by atoms with Crippen LogP contribution in [0, 0.1) is 11.8 Å². The van der Waals surface area contributed by atoms with E-state index >= 15 is 0 Å². The summed E-state index contributed by atoms with van der Waals surface area (Å²) in [6.07, 6.45) is -4.27. The molecule has 0 radical (unpaired) electrons. The van der Waals surface area contributed by atoms with E-state index < -0.39 is 125 Å². The summed E-state index contributed by atoms with van der Waals surface area (Å²) in [4.78, 5) is 114. The van der Waals surface area contributed by atoms with Gasteiger partial charge >= 0.3 is 12.1 Å². The molecule has 18 nitrogen and oxygen atoms in total. The van der Waals surface area contributed by atoms with E-state index in [0.29, 0.717) is 22.3 Å². The highest BCUT2D eigenvalue weighted by Gasteiger charge is 2.42. The first-order chi connectivity index (χ1) is 35.0. The molecule has 1 aliphatic heterocycles. The van der Waals surface area contributed by atoms with Crippen molar-refractivity contribution in [3.63, 3.8) is 0 Å². The maximum absolute atomic E-state index is 14.9. The number of hydrogen-bond acceptors (Lipinski definition) is 11. The standard InChI is InChI=1S/C56H71N7O11/c1-33(2)44-49(66)59-45(34(3)4)50(67)61-47(37(7)74-55(8,9)10)51(68)58-42(31-43(64)63-56(39-25-17-12-18-26-39,40-27-19-13-20-28-40)41-29-21-14-22-30-41)48(65)57-35(5)53(70)73-36(6)46(52(69)60-44)62-54(71)72-32-38-23-15-11-16-24-38/h11-30,33-37,42,44-47H,31-32H2,1-10H3,(H,57,65)(H,58,68)(H,59,66)(H,60,69)(H,61,67)(H,62,71)(H,63,64)/t35-,36-,37-,42-,44-,45+,46+,47-/m1/s1. The lowest BCUT2D eigenvalue weighted by Crippen LogP contribution is -2.63. The molecule has 0 bridgehead atoms. The Morgan fingerprint density at radius 1 is 0.581 bits per heavy atom. The van der Waals surface area contributed by atoms with Gasteiger partial charge in [0.25, 0.3) is 0 Å². The second kappa shape index (κ2) is 25.9. The molecule has 0 spiro atoms. The van der Waals surface area contributed by atoms with Crippen LogP contribution in [0.25, 0.3) is 0 Å². The minimum absolute atomic E-state index is 0.169. The zero-order chi connectivity index (χ0) is 54.3. The van der Waals surface area contributed by atoms with Gasteiger partial charge in [0.2, 0.25) is 35.4 Å². The van der Waals surface area contributed by atoms with E-state index in [2.05, 4.69) is 37.2 Å². The van der Waals surface area contributed by atoms with Crippen molar-refractivity contribution in [2.45, 2.75) is 142 Å². The molecule has 1 heterocycles. The molecule has 8 atom stereocenters. The zero-order valence-electron chi connectivity index (χ0n) is 43.7. The Morgan fingerprint density at radius 2 is 1.01 bits per heavy atom. The molecular formula is C56H71N7O11. The van der Waals surface area contributed by atoms with Gasteiger partial charge in [-0.25, -0.2) is 9.59 Å². The third-order valence-electron chi connectivity index (χ3n) is 12.3. The fraction of sp³-hybridized carbons (Fsp3) is 0.429. The number of esters is 1. The van der Waals surface area contributed by atoms with Crippen LogP contribution in [0.4, 0.5) is 4.79 Å². The van der Waals surface area contributed by atoms with E-state index in [9.17, 15) is 38.4 Å². The highest BCUT2D eigenvalue weighted by molar-refractivity contribution is 5.98. The predicted molar refractivity (Wildman–Crippen MR) is 276 cm³/mol. The summed E-state index contributed by atoms with van der Waals surface area (Å²) < 4.78 is 17.3. The lowest BCUT2D eigenvalue weighted by atomic mass is 9.77. The molecule has 4 aromatic rings. The zero-order valence-corrected chi connectivity index (χ0v) is 43.7. The average molecular weight is 1020 g/mol. The van der Waals surface area contributed by atoms with Crippen LogP contribution in [0.1, 0.15) is 97.9 Å². The Balaban J connectivity index is 1.58. The van der Waals surface area contributed by atoms with E-state index in [-0.39, 0.29) is 6.61 Å². The fourth-order valence-corrected chi connectivity index (χ4v) is 8.53. The number of hydrogen-bond donors (Lipinski definition) is 7. The molecule has 7 N–H and O–H groups in total. The minimum Gasteiger partial charge on any atom is -0.458 e. The lowest BCUT2D eigenvalue weighted by molar-refractivity contribution is -0.154. The monoisotopic (exact) mass is 1020 g/mol. The number of nitrogens with one attached hydrogen (secondary N) is 7. The topological polar surface area (TPSA) is 248 Å². The minimum atomic E-state index is -1.72. The molecule has 0 unspecified atom stereocenters. The Morgan fingerprint density at radius 3 is 1.47 bits per heavy atom. The maximum Gasteiger partial charge on any atom is 0.408 e. The molecule has 18 heteroatoms. The first-order valence-corrected chi connectivity index (χ1v) is 24.9. The third-order valence-corrected chi connectivity index (χ3v) is 12.3. The Kier molecular flexibility index (Phi) is 20.0. The number of carbonyl (C=O) groups is 8. The molecule has 1 aliphatic rings. The molecule has 0 aliphatic carbocycles. The quantitative estimate of drug-likeness (QED) is 0.0716. The molecule has 396 valence electrons. The van der Waals surface area contributed by atoms with Crippen molar-refractivity contribution in [2.75, 3.05) is 0 Å². The van der Waals surface area contributed by atoms with Crippen molar-refractivity contribution in [1.82, 2.24) is 37.2 Å². The maximum atomic E-state index is 14.9. The van der Waals surface area contributed by atoms with Gasteiger partial charge in [-0.15, -0.1) is 0 Å². The molecule has 1 fully saturated rings. The lowest BCUT2D eigenvalue weighted by Gasteiger charge is -2.37. The van der Waals surface area contributed by atoms with Crippen molar-refractivity contribution in [1.29, 1.82) is 0 Å². The van der Waals surface area contributed by atoms with Crippen LogP contribution in [0.3, 0.4) is 0 Å². The second-order valence-electron chi connectivity index (χ2n) is 20.1. The van der Waals surface area contributed by atoms with Gasteiger partial charge < -0.3 is 51.4 Å². The highest BCUT2D eigenvalue weighted by atomic mass is 16.6. The Labute approximate surface area is 433 Å². The number of amides is 7. The van der Waals surface area contributed by atoms with Gasteiger partial charge in [-0.05, 0) is 75.6 Å². The van der Waals surface area contributed by atoms with E-state index in [4.69, 9.17) is 14.2 Å². The predicted octanol–water partition coefficient (Wildman–Crippen LogP) is 4.68. The highest BCUT2D eigenvalue weighted by Crippen LogP contribution is 2.37. The molecule has 0 saturated carbocycles. The summed E-state index contributed by atoms with van der Waals surface area (Å²) in [5.74, 6) is -7.39. The van der Waals surface area contributed by atoms with E-state index in [1.807, 2.05) is 91.0 Å². The summed E-state index contributed by atoms with van der Waals surface area (Å²) >= 11 is 0. The van der Waals surface area contributed by atoms with E-state index in [1.54, 1.807) is 85.7 Å². The number of rotatable bonds is 13. The fourth-order valence-electron chi connectivity index (χ4n) is 8.53. The molecule has 74 heavy (non-hydrogen) atoms. The van der Waals surface area contributed by atoms with E-state index in [0.717, 1.165) is 0 Å². The summed E-state index contributed by atoms with van der Waals surface area (Å²) in [5, 5.41) is 19.0. The summed E-state index contributed by atoms with van der Waals surface area (Å²) in [6, 6.07) is 27.4. The van der Waals surface area contributed by atoms with Crippen LogP contribution in [0.5, 0.6) is 0 Å². The first-order valence-electron chi connectivity index (χ1n) is 24.9. The number of cyclic esters (lactones) is 1. The molecule has 0 aromatic heterocycles. The van der Waals surface area contributed by atoms with Crippen molar-refractivity contribution < 1.29 is 52.6 Å². The number of alkyl carbamates (subject to hydrolysis) is 1. The summed E-state index contributed by atoms with van der Waals surface area (Å²) in [7, 11) is 0. The molecule has 7 amide bonds. The van der Waals surface area contributed by atoms with Gasteiger partial charge in [-0.2, -0.15) is 0 Å². The molecule has 4 aromatic carbocycles. The Hall–Kier alpha value is -7.60. The third kappa shape index (κ3) is 15.5. The van der Waals surface area contributed by atoms with Crippen molar-refractivity contribution >= 4 is 47.5 Å². The van der Waals surface area contributed by atoms with Gasteiger partial charge in [-0.1, -0.05) is 149 Å². The summed E-state index contributed by atoms with van der Waals surface area (Å²) in [5.41, 5.74) is 0.503. The number of ether oxygens (including phenoxy) is 3. The SMILES string of the molecule is CC(C)[C@@H]1NC(=O)[C@@H](C(C)C)NC(=O)[C@@H](NC(=O)OCc2ccccc2)[C@@H](C)OC(=O)[C@@H](C)NC(=O)[C@@H](CC(=O)NC(c2ccccc2)(c2ccccc2)c2ccccc2)NC(=O)[C@@H]([C@@H](C)OC(C)(C)C)NC1=O. The largest absolute Gasteiger partial charge is 0.458 e. The van der Waals surface area contributed by atoms with Crippen LogP contribution in [-0.2, 0) is 59.9 Å². The van der Waals surface area contributed by atoms with Crippen molar-refractivity contribution in [2.24, 2.45) is 11.8 Å². The molecule has 5 rings (SSSR count). The second-order valence-corrected chi connectivity index (χ2v) is 20.1. The number of benzene rings is 4. The average Bonchev–Trinajstić information content (AvgIpc) is 3.36. The van der Waals surface area contributed by atoms with Crippen LogP contribution in [-0.4, -0.2) is 102 Å². The smallest absolute Gasteiger partial charge is 0.408 e. The van der Waals surface area contributed by atoms with Gasteiger partial charge in [-0.3, -0.25) is 28.8 Å². The van der Waals surface area contributed by atoms with Gasteiger partial charge in [0.1, 0.15) is 54.5 Å². The van der Waals surface area contributed by atoms with Crippen LogP contribution in [0.2, 0.25) is 0 Å². The van der Waals surface area contributed by atoms with Crippen LogP contribution >= 0.6 is 0 Å². The van der Waals surface area contributed by atoms with Gasteiger partial charge in [0.15, 0.2) is 0 Å². The first kappa shape index (κ1) is 57.3. The van der Waals surface area contributed by atoms with Crippen LogP contribution < -0.4 is 37.2 Å². The van der Waals surface area contributed by atoms with Gasteiger partial charge in [0.05, 0.1) is 18.1 Å². The summed E-state index contributed by atoms with van der Waals surface area (Å²) in [6.45, 7) is 15.9. The normalized spacial score (nSPS) is 22.2. The van der Waals surface area contributed by atoms with Crippen LogP contribution in [0.15, 0.2) is 121 Å². The van der Waals surface area contributed by atoms with Crippen molar-refractivity contribution in [3.8, 4) is 0 Å². The van der Waals surface area contributed by atoms with Gasteiger partial charge in [0, 0.05) is 0 Å². The van der Waals surface area contributed by atoms with Crippen molar-refractivity contribution in [3.05, 3.63) is 144 Å². The molecule has 1 saturated heterocycles. The Bertz CT molecular complexity index is 2460. The number of carbonyl (C=O) groups excluding carboxylic acids is 8. The molecular weight excluding hydrogens is 947 g/mol. The van der Waals surface area contributed by atoms with E-state index in [1.165, 1.54) is 13.8 Å².